The molecule has 1 aliphatic rings. The van der Waals surface area contributed by atoms with Gasteiger partial charge in [-0.3, -0.25) is 4.79 Å². The topological polar surface area (TPSA) is 46.3 Å². The molecular weight excluding hydrogens is 188 g/mol. The Bertz CT molecular complexity index is 196. The van der Waals surface area contributed by atoms with Crippen LogP contribution in [0.5, 0.6) is 0 Å². The van der Waals surface area contributed by atoms with Crippen LogP contribution in [0.1, 0.15) is 51.9 Å². The maximum Gasteiger partial charge on any atom is 0.239 e. The first-order valence-corrected chi connectivity index (χ1v) is 6.15. The number of hydrogen-bond acceptors (Lipinski definition) is 2. The molecule has 0 saturated heterocycles. The van der Waals surface area contributed by atoms with Gasteiger partial charge in [0.2, 0.25) is 5.91 Å². The molecule has 0 heterocycles. The Kier molecular flexibility index (Phi) is 5.09. The van der Waals surface area contributed by atoms with Gasteiger partial charge in [-0.05, 0) is 19.8 Å². The normalized spacial score (nSPS) is 21.5. The highest BCUT2D eigenvalue weighted by Gasteiger charge is 2.22. The smallest absolute Gasteiger partial charge is 0.239 e. The summed E-state index contributed by atoms with van der Waals surface area (Å²) < 4.78 is 0. The van der Waals surface area contributed by atoms with E-state index in [4.69, 9.17) is 5.73 Å². The first kappa shape index (κ1) is 12.5. The van der Waals surface area contributed by atoms with E-state index in [9.17, 15) is 4.79 Å². The number of likely N-dealkylation sites (N-methyl/N-ethyl adjacent to an activating group) is 1. The number of amides is 1. The Morgan fingerprint density at radius 2 is 1.67 bits per heavy atom. The van der Waals surface area contributed by atoms with Crippen molar-refractivity contribution >= 4 is 5.91 Å². The number of carbonyl (C=O) groups is 1. The van der Waals surface area contributed by atoms with Crippen LogP contribution in [0.4, 0.5) is 0 Å². The van der Waals surface area contributed by atoms with Crippen molar-refractivity contribution in [2.45, 2.75) is 64.0 Å². The van der Waals surface area contributed by atoms with E-state index in [1.165, 1.54) is 32.1 Å². The summed E-state index contributed by atoms with van der Waals surface area (Å²) in [4.78, 5) is 13.6. The van der Waals surface area contributed by atoms with E-state index in [0.29, 0.717) is 6.04 Å². The van der Waals surface area contributed by atoms with E-state index in [1.54, 1.807) is 6.92 Å². The largest absolute Gasteiger partial charge is 0.341 e. The van der Waals surface area contributed by atoms with E-state index in [2.05, 4.69) is 0 Å². The summed E-state index contributed by atoms with van der Waals surface area (Å²) in [5.41, 5.74) is 5.62. The monoisotopic (exact) mass is 212 g/mol. The third-order valence-corrected chi connectivity index (χ3v) is 3.36. The molecule has 1 aliphatic carbocycles. The number of nitrogens with zero attached hydrogens (tertiary/aromatic N) is 1. The van der Waals surface area contributed by atoms with Gasteiger partial charge in [0.1, 0.15) is 0 Å². The molecule has 2 N–H and O–H groups in total. The SMILES string of the molecule is C[C@@H](N)C(=O)N(C)C1CCCCCCC1. The average Bonchev–Trinajstić information content (AvgIpc) is 2.15. The van der Waals surface area contributed by atoms with E-state index in [0.717, 1.165) is 12.8 Å². The van der Waals surface area contributed by atoms with Gasteiger partial charge in [0.05, 0.1) is 6.04 Å². The van der Waals surface area contributed by atoms with Gasteiger partial charge in [-0.1, -0.05) is 32.1 Å². The van der Waals surface area contributed by atoms with Gasteiger partial charge in [-0.25, -0.2) is 0 Å². The lowest BCUT2D eigenvalue weighted by molar-refractivity contribution is -0.133. The fourth-order valence-electron chi connectivity index (χ4n) is 2.32. The quantitative estimate of drug-likeness (QED) is 0.760. The van der Waals surface area contributed by atoms with Crippen molar-refractivity contribution in [3.63, 3.8) is 0 Å². The molecule has 0 aromatic rings. The molecule has 0 radical (unpaired) electrons. The number of nitrogens with two attached hydrogens (primary N) is 1. The highest BCUT2D eigenvalue weighted by Crippen LogP contribution is 2.20. The molecule has 1 fully saturated rings. The molecule has 3 nitrogen and oxygen atoms in total. The summed E-state index contributed by atoms with van der Waals surface area (Å²) in [6.07, 6.45) is 8.79. The molecule has 0 aliphatic heterocycles. The Morgan fingerprint density at radius 1 is 1.20 bits per heavy atom. The van der Waals surface area contributed by atoms with Gasteiger partial charge in [-0.2, -0.15) is 0 Å². The lowest BCUT2D eigenvalue weighted by Crippen LogP contribution is -2.45. The van der Waals surface area contributed by atoms with Crippen molar-refractivity contribution in [2.24, 2.45) is 5.73 Å². The minimum Gasteiger partial charge on any atom is -0.341 e. The van der Waals surface area contributed by atoms with Crippen molar-refractivity contribution < 1.29 is 4.79 Å². The molecule has 1 rings (SSSR count). The Hall–Kier alpha value is -0.570. The van der Waals surface area contributed by atoms with Crippen LogP contribution in [-0.4, -0.2) is 29.9 Å². The minimum atomic E-state index is -0.361. The van der Waals surface area contributed by atoms with Crippen molar-refractivity contribution in [3.05, 3.63) is 0 Å². The molecule has 0 bridgehead atoms. The predicted molar refractivity (Wildman–Crippen MR) is 62.5 cm³/mol. The maximum atomic E-state index is 11.7. The molecule has 15 heavy (non-hydrogen) atoms. The molecule has 1 saturated carbocycles. The average molecular weight is 212 g/mol. The second kappa shape index (κ2) is 6.11. The molecule has 88 valence electrons. The summed E-state index contributed by atoms with van der Waals surface area (Å²) >= 11 is 0. The van der Waals surface area contributed by atoms with Gasteiger partial charge in [0, 0.05) is 13.1 Å². The second-order valence-corrected chi connectivity index (χ2v) is 4.74. The summed E-state index contributed by atoms with van der Waals surface area (Å²) in [5.74, 6) is 0.0839. The van der Waals surface area contributed by atoms with Crippen LogP contribution in [0.2, 0.25) is 0 Å². The van der Waals surface area contributed by atoms with E-state index in [-0.39, 0.29) is 11.9 Å². The van der Waals surface area contributed by atoms with E-state index < -0.39 is 0 Å². The third kappa shape index (κ3) is 3.82. The third-order valence-electron chi connectivity index (χ3n) is 3.36. The zero-order chi connectivity index (χ0) is 11.3. The number of hydrogen-bond donors (Lipinski definition) is 1. The number of carbonyl (C=O) groups excluding carboxylic acids is 1. The van der Waals surface area contributed by atoms with Crippen LogP contribution in [0, 0.1) is 0 Å². The van der Waals surface area contributed by atoms with Crippen molar-refractivity contribution in [1.82, 2.24) is 4.90 Å². The number of rotatable bonds is 2. The fraction of sp³-hybridized carbons (Fsp3) is 0.917. The predicted octanol–water partition coefficient (Wildman–Crippen LogP) is 1.90. The molecule has 0 aromatic heterocycles. The Morgan fingerprint density at radius 3 is 2.13 bits per heavy atom. The molecule has 0 unspecified atom stereocenters. The van der Waals surface area contributed by atoms with E-state index in [1.807, 2.05) is 11.9 Å². The lowest BCUT2D eigenvalue weighted by Gasteiger charge is -2.30. The standard InChI is InChI=1S/C12H24N2O/c1-10(13)12(15)14(2)11-8-6-4-3-5-7-9-11/h10-11H,3-9,13H2,1-2H3/t10-/m1/s1. The zero-order valence-electron chi connectivity index (χ0n) is 10.0. The van der Waals surface area contributed by atoms with Crippen LogP contribution < -0.4 is 5.73 Å². The Balaban J connectivity index is 2.48. The first-order valence-electron chi connectivity index (χ1n) is 6.15. The van der Waals surface area contributed by atoms with Gasteiger partial charge >= 0.3 is 0 Å². The molecule has 0 aromatic carbocycles. The van der Waals surface area contributed by atoms with Gasteiger partial charge in [0.25, 0.3) is 0 Å². The van der Waals surface area contributed by atoms with Crippen molar-refractivity contribution in [3.8, 4) is 0 Å². The van der Waals surface area contributed by atoms with Gasteiger partial charge in [0.15, 0.2) is 0 Å². The highest BCUT2D eigenvalue weighted by atomic mass is 16.2. The maximum absolute atomic E-state index is 11.7. The van der Waals surface area contributed by atoms with Gasteiger partial charge < -0.3 is 10.6 Å². The second-order valence-electron chi connectivity index (χ2n) is 4.74. The van der Waals surface area contributed by atoms with Crippen molar-refractivity contribution in [2.75, 3.05) is 7.05 Å². The minimum absolute atomic E-state index is 0.0839. The summed E-state index contributed by atoms with van der Waals surface area (Å²) in [6, 6.07) is 0.0595. The van der Waals surface area contributed by atoms with Gasteiger partial charge in [-0.15, -0.1) is 0 Å². The van der Waals surface area contributed by atoms with Crippen LogP contribution >= 0.6 is 0 Å². The lowest BCUT2D eigenvalue weighted by atomic mass is 9.95. The molecule has 1 atom stereocenters. The highest BCUT2D eigenvalue weighted by molar-refractivity contribution is 5.81. The molecular formula is C12H24N2O. The van der Waals surface area contributed by atoms with Crippen LogP contribution in [0.15, 0.2) is 0 Å². The van der Waals surface area contributed by atoms with Crippen LogP contribution in [-0.2, 0) is 4.79 Å². The van der Waals surface area contributed by atoms with Crippen LogP contribution in [0.25, 0.3) is 0 Å². The van der Waals surface area contributed by atoms with E-state index >= 15 is 0 Å². The molecule has 1 amide bonds. The zero-order valence-corrected chi connectivity index (χ0v) is 10.0. The summed E-state index contributed by atoms with van der Waals surface area (Å²) in [7, 11) is 1.90. The summed E-state index contributed by atoms with van der Waals surface area (Å²) in [5, 5.41) is 0. The molecule has 3 heteroatoms. The summed E-state index contributed by atoms with van der Waals surface area (Å²) in [6.45, 7) is 1.77. The fourth-order valence-corrected chi connectivity index (χ4v) is 2.32. The van der Waals surface area contributed by atoms with Crippen molar-refractivity contribution in [1.29, 1.82) is 0 Å². The Labute approximate surface area is 93.0 Å². The first-order chi connectivity index (χ1) is 7.13. The molecule has 0 spiro atoms. The van der Waals surface area contributed by atoms with Crippen LogP contribution in [0.3, 0.4) is 0 Å².